The van der Waals surface area contributed by atoms with Gasteiger partial charge in [-0.1, -0.05) is 6.07 Å². The SMILES string of the molecule is NC(=O)c1occc1-c1cccs1. The van der Waals surface area contributed by atoms with Crippen LogP contribution in [0.2, 0.25) is 0 Å². The average molecular weight is 193 g/mol. The lowest BCUT2D eigenvalue weighted by Gasteiger charge is -1.93. The fraction of sp³-hybridized carbons (Fsp3) is 0. The molecular weight excluding hydrogens is 186 g/mol. The maximum atomic E-state index is 10.9. The van der Waals surface area contributed by atoms with Gasteiger partial charge in [-0.3, -0.25) is 4.79 Å². The molecule has 4 heteroatoms. The summed E-state index contributed by atoms with van der Waals surface area (Å²) in [5.41, 5.74) is 5.90. The quantitative estimate of drug-likeness (QED) is 0.794. The van der Waals surface area contributed by atoms with Gasteiger partial charge < -0.3 is 10.2 Å². The Kier molecular flexibility index (Phi) is 1.90. The standard InChI is InChI=1S/C9H7NO2S/c10-9(11)8-6(3-4-12-8)7-2-1-5-13-7/h1-5H,(H2,10,11). The fourth-order valence-corrected chi connectivity index (χ4v) is 1.87. The van der Waals surface area contributed by atoms with Gasteiger partial charge in [0, 0.05) is 10.4 Å². The maximum absolute atomic E-state index is 10.9. The van der Waals surface area contributed by atoms with Crippen molar-refractivity contribution in [2.24, 2.45) is 5.73 Å². The fourth-order valence-electron chi connectivity index (χ4n) is 1.13. The number of nitrogens with two attached hydrogens (primary N) is 1. The Labute approximate surface area is 78.8 Å². The summed E-state index contributed by atoms with van der Waals surface area (Å²) in [4.78, 5) is 11.9. The van der Waals surface area contributed by atoms with Crippen LogP contribution in [0.5, 0.6) is 0 Å². The topological polar surface area (TPSA) is 56.2 Å². The zero-order valence-corrected chi connectivity index (χ0v) is 7.51. The van der Waals surface area contributed by atoms with Gasteiger partial charge in [-0.25, -0.2) is 0 Å². The number of furan rings is 1. The minimum Gasteiger partial charge on any atom is -0.458 e. The number of rotatable bonds is 2. The zero-order valence-electron chi connectivity index (χ0n) is 6.69. The normalized spacial score (nSPS) is 10.2. The molecule has 0 saturated carbocycles. The number of carbonyl (C=O) groups excluding carboxylic acids is 1. The molecule has 2 N–H and O–H groups in total. The molecule has 0 saturated heterocycles. The summed E-state index contributed by atoms with van der Waals surface area (Å²) in [7, 11) is 0. The average Bonchev–Trinajstić information content (AvgIpc) is 2.74. The second-order valence-electron chi connectivity index (χ2n) is 2.50. The molecule has 1 amide bonds. The van der Waals surface area contributed by atoms with Crippen molar-refractivity contribution in [2.75, 3.05) is 0 Å². The van der Waals surface area contributed by atoms with Crippen LogP contribution in [0.4, 0.5) is 0 Å². The molecule has 13 heavy (non-hydrogen) atoms. The number of thiophene rings is 1. The second-order valence-corrected chi connectivity index (χ2v) is 3.45. The Morgan fingerprint density at radius 3 is 2.92 bits per heavy atom. The van der Waals surface area contributed by atoms with Crippen LogP contribution >= 0.6 is 11.3 Å². The first-order valence-electron chi connectivity index (χ1n) is 3.70. The van der Waals surface area contributed by atoms with Crippen molar-refractivity contribution in [3.8, 4) is 10.4 Å². The summed E-state index contributed by atoms with van der Waals surface area (Å²) in [6.07, 6.45) is 1.47. The van der Waals surface area contributed by atoms with Crippen LogP contribution in [-0.4, -0.2) is 5.91 Å². The van der Waals surface area contributed by atoms with E-state index in [9.17, 15) is 4.79 Å². The molecular formula is C9H7NO2S. The summed E-state index contributed by atoms with van der Waals surface area (Å²) in [6, 6.07) is 5.58. The molecule has 0 aliphatic heterocycles. The van der Waals surface area contributed by atoms with E-state index in [1.807, 2.05) is 17.5 Å². The summed E-state index contributed by atoms with van der Waals surface area (Å²) < 4.78 is 4.98. The molecule has 0 radical (unpaired) electrons. The largest absolute Gasteiger partial charge is 0.458 e. The highest BCUT2D eigenvalue weighted by atomic mass is 32.1. The Hall–Kier alpha value is -1.55. The predicted molar refractivity (Wildman–Crippen MR) is 50.5 cm³/mol. The van der Waals surface area contributed by atoms with Crippen LogP contribution in [-0.2, 0) is 0 Å². The molecule has 66 valence electrons. The molecule has 0 aromatic carbocycles. The van der Waals surface area contributed by atoms with Gasteiger partial charge in [-0.05, 0) is 17.5 Å². The van der Waals surface area contributed by atoms with Crippen molar-refractivity contribution in [1.82, 2.24) is 0 Å². The number of amides is 1. The molecule has 3 nitrogen and oxygen atoms in total. The van der Waals surface area contributed by atoms with E-state index in [4.69, 9.17) is 10.2 Å². The second kappa shape index (κ2) is 3.06. The minimum atomic E-state index is -0.534. The van der Waals surface area contributed by atoms with Crippen molar-refractivity contribution in [3.05, 3.63) is 35.6 Å². The molecule has 0 fully saturated rings. The van der Waals surface area contributed by atoms with Crippen LogP contribution in [0.15, 0.2) is 34.3 Å². The number of carbonyl (C=O) groups is 1. The lowest BCUT2D eigenvalue weighted by Crippen LogP contribution is -2.10. The van der Waals surface area contributed by atoms with Gasteiger partial charge in [0.05, 0.1) is 6.26 Å². The van der Waals surface area contributed by atoms with E-state index in [2.05, 4.69) is 0 Å². The van der Waals surface area contributed by atoms with Gasteiger partial charge in [-0.15, -0.1) is 11.3 Å². The molecule has 2 aromatic heterocycles. The van der Waals surface area contributed by atoms with E-state index in [0.29, 0.717) is 0 Å². The summed E-state index contributed by atoms with van der Waals surface area (Å²) in [5.74, 6) is -0.309. The maximum Gasteiger partial charge on any atom is 0.285 e. The smallest absolute Gasteiger partial charge is 0.285 e. The van der Waals surface area contributed by atoms with E-state index in [1.165, 1.54) is 6.26 Å². The Bertz CT molecular complexity index is 417. The molecule has 2 aromatic rings. The molecule has 2 heterocycles. The molecule has 0 unspecified atom stereocenters. The van der Waals surface area contributed by atoms with Crippen molar-refractivity contribution in [2.45, 2.75) is 0 Å². The Morgan fingerprint density at radius 1 is 1.46 bits per heavy atom. The van der Waals surface area contributed by atoms with E-state index in [0.717, 1.165) is 10.4 Å². The number of hydrogen-bond acceptors (Lipinski definition) is 3. The zero-order chi connectivity index (χ0) is 9.26. The van der Waals surface area contributed by atoms with Gasteiger partial charge in [0.25, 0.3) is 5.91 Å². The number of primary amides is 1. The van der Waals surface area contributed by atoms with Gasteiger partial charge in [0.2, 0.25) is 0 Å². The molecule has 0 bridgehead atoms. The van der Waals surface area contributed by atoms with E-state index >= 15 is 0 Å². The summed E-state index contributed by atoms with van der Waals surface area (Å²) in [6.45, 7) is 0. The first-order chi connectivity index (χ1) is 6.29. The van der Waals surface area contributed by atoms with Crippen molar-refractivity contribution < 1.29 is 9.21 Å². The summed E-state index contributed by atoms with van der Waals surface area (Å²) >= 11 is 1.54. The highest BCUT2D eigenvalue weighted by Gasteiger charge is 2.13. The first kappa shape index (κ1) is 8.07. The molecule has 0 atom stereocenters. The van der Waals surface area contributed by atoms with Crippen LogP contribution in [0.1, 0.15) is 10.6 Å². The van der Waals surface area contributed by atoms with E-state index in [1.54, 1.807) is 17.4 Å². The van der Waals surface area contributed by atoms with Crippen molar-refractivity contribution in [1.29, 1.82) is 0 Å². The minimum absolute atomic E-state index is 0.224. The number of hydrogen-bond donors (Lipinski definition) is 1. The summed E-state index contributed by atoms with van der Waals surface area (Å²) in [5, 5.41) is 1.94. The molecule has 2 rings (SSSR count). The molecule has 0 aliphatic rings. The third kappa shape index (κ3) is 1.36. The van der Waals surface area contributed by atoms with Gasteiger partial charge in [0.15, 0.2) is 5.76 Å². The van der Waals surface area contributed by atoms with Crippen LogP contribution < -0.4 is 5.73 Å². The van der Waals surface area contributed by atoms with E-state index < -0.39 is 5.91 Å². The highest BCUT2D eigenvalue weighted by Crippen LogP contribution is 2.28. The van der Waals surface area contributed by atoms with Crippen LogP contribution in [0.25, 0.3) is 10.4 Å². The van der Waals surface area contributed by atoms with Gasteiger partial charge in [-0.2, -0.15) is 0 Å². The predicted octanol–water partition coefficient (Wildman–Crippen LogP) is 2.11. The van der Waals surface area contributed by atoms with Crippen molar-refractivity contribution in [3.63, 3.8) is 0 Å². The highest BCUT2D eigenvalue weighted by molar-refractivity contribution is 7.13. The third-order valence-corrected chi connectivity index (χ3v) is 2.58. The van der Waals surface area contributed by atoms with Gasteiger partial charge in [0.1, 0.15) is 0 Å². The third-order valence-electron chi connectivity index (χ3n) is 1.68. The molecule has 0 aliphatic carbocycles. The first-order valence-corrected chi connectivity index (χ1v) is 4.58. The molecule has 0 spiro atoms. The monoisotopic (exact) mass is 193 g/mol. The van der Waals surface area contributed by atoms with Gasteiger partial charge >= 0.3 is 0 Å². The lowest BCUT2D eigenvalue weighted by atomic mass is 10.2. The Morgan fingerprint density at radius 2 is 2.31 bits per heavy atom. The van der Waals surface area contributed by atoms with Crippen LogP contribution in [0, 0.1) is 0 Å². The van der Waals surface area contributed by atoms with Crippen LogP contribution in [0.3, 0.4) is 0 Å². The lowest BCUT2D eigenvalue weighted by molar-refractivity contribution is 0.0975. The van der Waals surface area contributed by atoms with Crippen molar-refractivity contribution >= 4 is 17.2 Å². The Balaban J connectivity index is 2.52. The van der Waals surface area contributed by atoms with E-state index in [-0.39, 0.29) is 5.76 Å².